The summed E-state index contributed by atoms with van der Waals surface area (Å²) in [6, 6.07) is 3.69. The van der Waals surface area contributed by atoms with Crippen molar-refractivity contribution in [2.45, 2.75) is 30.9 Å². The Morgan fingerprint density at radius 1 is 1.53 bits per heavy atom. The second-order valence-electron chi connectivity index (χ2n) is 4.93. The lowest BCUT2D eigenvalue weighted by Gasteiger charge is -2.13. The number of thioether (sulfide) groups is 1. The van der Waals surface area contributed by atoms with E-state index >= 15 is 0 Å². The average Bonchev–Trinajstić information content (AvgIpc) is 3.23. The molecule has 5 heteroatoms. The summed E-state index contributed by atoms with van der Waals surface area (Å²) in [6.45, 7) is 3.75. The van der Waals surface area contributed by atoms with Crippen LogP contribution in [0, 0.1) is 0 Å². The van der Waals surface area contributed by atoms with Crippen molar-refractivity contribution >= 4 is 23.4 Å². The van der Waals surface area contributed by atoms with Gasteiger partial charge in [-0.2, -0.15) is 11.8 Å². The number of aromatic nitrogens is 1. The monoisotopic (exact) mass is 279 g/mol. The van der Waals surface area contributed by atoms with Crippen LogP contribution in [0.25, 0.3) is 0 Å². The Morgan fingerprint density at radius 2 is 2.32 bits per heavy atom. The molecule has 0 bridgehead atoms. The van der Waals surface area contributed by atoms with Crippen molar-refractivity contribution in [1.82, 2.24) is 10.3 Å². The van der Waals surface area contributed by atoms with E-state index in [-0.39, 0.29) is 10.7 Å². The van der Waals surface area contributed by atoms with Crippen LogP contribution in [0.4, 0.5) is 5.69 Å². The van der Waals surface area contributed by atoms with Crippen molar-refractivity contribution in [2.24, 2.45) is 0 Å². The first-order valence-electron chi connectivity index (χ1n) is 6.72. The third-order valence-corrected chi connectivity index (χ3v) is 4.80. The van der Waals surface area contributed by atoms with Crippen LogP contribution in [-0.2, 0) is 0 Å². The molecular weight excluding hydrogens is 258 g/mol. The van der Waals surface area contributed by atoms with Crippen molar-refractivity contribution < 1.29 is 4.79 Å². The fraction of sp³-hybridized carbons (Fsp3) is 0.571. The van der Waals surface area contributed by atoms with Gasteiger partial charge in [-0.3, -0.25) is 9.78 Å². The topological polar surface area (TPSA) is 54.0 Å². The fourth-order valence-corrected chi connectivity index (χ4v) is 2.59. The molecule has 2 N–H and O–H groups in total. The van der Waals surface area contributed by atoms with Gasteiger partial charge in [-0.15, -0.1) is 0 Å². The number of nitrogens with one attached hydrogen (secondary N) is 2. The summed E-state index contributed by atoms with van der Waals surface area (Å²) in [7, 11) is 0. The van der Waals surface area contributed by atoms with Gasteiger partial charge >= 0.3 is 0 Å². The first-order chi connectivity index (χ1) is 9.19. The molecule has 104 valence electrons. The molecule has 0 atom stereocenters. The van der Waals surface area contributed by atoms with Gasteiger partial charge < -0.3 is 10.6 Å². The summed E-state index contributed by atoms with van der Waals surface area (Å²) in [4.78, 5) is 16.2. The molecule has 1 aromatic rings. The number of carbonyl (C=O) groups is 1. The van der Waals surface area contributed by atoms with Gasteiger partial charge in [0, 0.05) is 29.7 Å². The number of carbonyl (C=O) groups excluding carboxylic acids is 1. The van der Waals surface area contributed by atoms with E-state index in [0.717, 1.165) is 25.2 Å². The number of rotatable bonds is 7. The van der Waals surface area contributed by atoms with Gasteiger partial charge in [0.2, 0.25) is 0 Å². The highest BCUT2D eigenvalue weighted by Crippen LogP contribution is 2.46. The fourth-order valence-electron chi connectivity index (χ4n) is 1.86. The molecule has 1 heterocycles. The molecule has 1 aliphatic rings. The smallest absolute Gasteiger partial charge is 0.270 e. The van der Waals surface area contributed by atoms with E-state index in [1.54, 1.807) is 6.20 Å². The van der Waals surface area contributed by atoms with Crippen LogP contribution in [0.1, 0.15) is 36.7 Å². The van der Waals surface area contributed by atoms with Crippen LogP contribution in [0.15, 0.2) is 18.3 Å². The van der Waals surface area contributed by atoms with Crippen LogP contribution in [-0.4, -0.2) is 35.0 Å². The number of nitrogens with zero attached hydrogens (tertiary/aromatic N) is 1. The van der Waals surface area contributed by atoms with Crippen LogP contribution in [0.5, 0.6) is 0 Å². The highest BCUT2D eigenvalue weighted by Gasteiger charge is 2.41. The highest BCUT2D eigenvalue weighted by molar-refractivity contribution is 8.00. The number of amides is 1. The Labute approximate surface area is 118 Å². The second kappa shape index (κ2) is 6.28. The molecule has 0 spiro atoms. The van der Waals surface area contributed by atoms with Crippen molar-refractivity contribution in [3.63, 3.8) is 0 Å². The molecular formula is C14H21N3OS. The summed E-state index contributed by atoms with van der Waals surface area (Å²) < 4.78 is 0.285. The summed E-state index contributed by atoms with van der Waals surface area (Å²) in [5.74, 6) is -0.0829. The van der Waals surface area contributed by atoms with Crippen molar-refractivity contribution in [3.8, 4) is 0 Å². The van der Waals surface area contributed by atoms with Crippen LogP contribution >= 0.6 is 11.8 Å². The zero-order chi connectivity index (χ0) is 13.7. The van der Waals surface area contributed by atoms with E-state index in [4.69, 9.17) is 0 Å². The van der Waals surface area contributed by atoms with Crippen molar-refractivity contribution in [2.75, 3.05) is 24.7 Å². The molecule has 0 saturated heterocycles. The number of hydrogen-bond donors (Lipinski definition) is 2. The molecule has 0 radical (unpaired) electrons. The second-order valence-corrected chi connectivity index (χ2v) is 6.20. The van der Waals surface area contributed by atoms with Gasteiger partial charge in [0.1, 0.15) is 5.69 Å². The zero-order valence-electron chi connectivity index (χ0n) is 11.5. The van der Waals surface area contributed by atoms with Gasteiger partial charge in [0.25, 0.3) is 5.91 Å². The number of pyridine rings is 1. The lowest BCUT2D eigenvalue weighted by Crippen LogP contribution is -2.32. The van der Waals surface area contributed by atoms with E-state index in [2.05, 4.69) is 28.8 Å². The quantitative estimate of drug-likeness (QED) is 0.805. The molecule has 1 aliphatic carbocycles. The predicted molar refractivity (Wildman–Crippen MR) is 80.8 cm³/mol. The third-order valence-electron chi connectivity index (χ3n) is 3.38. The van der Waals surface area contributed by atoms with E-state index in [0.29, 0.717) is 5.69 Å². The highest BCUT2D eigenvalue weighted by atomic mass is 32.2. The van der Waals surface area contributed by atoms with Gasteiger partial charge in [-0.05, 0) is 37.7 Å². The summed E-state index contributed by atoms with van der Waals surface area (Å²) in [5, 5.41) is 6.25. The minimum absolute atomic E-state index is 0.0829. The Kier molecular flexibility index (Phi) is 4.69. The largest absolute Gasteiger partial charge is 0.385 e. The van der Waals surface area contributed by atoms with E-state index < -0.39 is 0 Å². The predicted octanol–water partition coefficient (Wildman–Crippen LogP) is 2.53. The van der Waals surface area contributed by atoms with Crippen LogP contribution in [0.3, 0.4) is 0 Å². The Hall–Kier alpha value is -1.23. The molecule has 2 rings (SSSR count). The standard InChI is InChI=1S/C14H21N3OS/c1-3-7-15-11-4-8-16-12(9-11)13(18)17-10-14(19-2)5-6-14/h4,8-9H,3,5-7,10H2,1-2H3,(H,15,16)(H,17,18). The van der Waals surface area contributed by atoms with Crippen LogP contribution < -0.4 is 10.6 Å². The molecule has 1 amide bonds. The molecule has 1 fully saturated rings. The summed E-state index contributed by atoms with van der Waals surface area (Å²) >= 11 is 1.84. The SMILES string of the molecule is CCCNc1ccnc(C(=O)NCC2(SC)CC2)c1. The lowest BCUT2D eigenvalue weighted by atomic mass is 10.3. The molecule has 4 nitrogen and oxygen atoms in total. The minimum Gasteiger partial charge on any atom is -0.385 e. The molecule has 0 aromatic carbocycles. The molecule has 0 aliphatic heterocycles. The van der Waals surface area contributed by atoms with Gasteiger partial charge in [0.15, 0.2) is 0 Å². The maximum absolute atomic E-state index is 12.1. The number of anilines is 1. The first-order valence-corrected chi connectivity index (χ1v) is 7.95. The van der Waals surface area contributed by atoms with E-state index in [1.165, 1.54) is 12.8 Å². The summed E-state index contributed by atoms with van der Waals surface area (Å²) in [5.41, 5.74) is 1.44. The van der Waals surface area contributed by atoms with Crippen LogP contribution in [0.2, 0.25) is 0 Å². The third kappa shape index (κ3) is 3.86. The molecule has 0 unspecified atom stereocenters. The van der Waals surface area contributed by atoms with E-state index in [9.17, 15) is 4.79 Å². The molecule has 19 heavy (non-hydrogen) atoms. The maximum Gasteiger partial charge on any atom is 0.270 e. The van der Waals surface area contributed by atoms with Crippen molar-refractivity contribution in [3.05, 3.63) is 24.0 Å². The minimum atomic E-state index is -0.0829. The first kappa shape index (κ1) is 14.2. The molecule has 1 saturated carbocycles. The van der Waals surface area contributed by atoms with Gasteiger partial charge in [0.05, 0.1) is 0 Å². The Morgan fingerprint density at radius 3 is 2.95 bits per heavy atom. The lowest BCUT2D eigenvalue weighted by molar-refractivity contribution is 0.0948. The molecule has 1 aromatic heterocycles. The zero-order valence-corrected chi connectivity index (χ0v) is 12.3. The number of hydrogen-bond acceptors (Lipinski definition) is 4. The van der Waals surface area contributed by atoms with Crippen molar-refractivity contribution in [1.29, 1.82) is 0 Å². The average molecular weight is 279 g/mol. The Bertz CT molecular complexity index is 446. The Balaban J connectivity index is 1.91. The van der Waals surface area contributed by atoms with E-state index in [1.807, 2.05) is 23.9 Å². The summed E-state index contributed by atoms with van der Waals surface area (Å²) in [6.07, 6.45) is 7.22. The van der Waals surface area contributed by atoms with Gasteiger partial charge in [-0.1, -0.05) is 6.92 Å². The normalized spacial score (nSPS) is 15.9. The maximum atomic E-state index is 12.1. The van der Waals surface area contributed by atoms with Gasteiger partial charge in [-0.25, -0.2) is 0 Å².